The molecular formula is C20H19N5O3S. The number of aryl methyl sites for hydroxylation is 2. The summed E-state index contributed by atoms with van der Waals surface area (Å²) in [5.41, 5.74) is 7.58. The summed E-state index contributed by atoms with van der Waals surface area (Å²) in [6.45, 7) is 3.77. The maximum atomic E-state index is 12.2. The number of nitrogens with one attached hydrogen (secondary N) is 3. The summed E-state index contributed by atoms with van der Waals surface area (Å²) in [7, 11) is 0. The Bertz CT molecular complexity index is 1060. The molecule has 2 aromatic carbocycles. The molecule has 3 N–H and O–H groups in total. The molecule has 0 fully saturated rings. The van der Waals surface area contributed by atoms with Crippen LogP contribution in [0.5, 0.6) is 0 Å². The lowest BCUT2D eigenvalue weighted by molar-refractivity contribution is -0.121. The third-order valence-electron chi connectivity index (χ3n) is 3.88. The first kappa shape index (κ1) is 20.2. The van der Waals surface area contributed by atoms with Gasteiger partial charge in [-0.2, -0.15) is 0 Å². The minimum absolute atomic E-state index is 0.0773. The van der Waals surface area contributed by atoms with Crippen molar-refractivity contribution in [3.8, 4) is 0 Å². The monoisotopic (exact) mass is 409 g/mol. The van der Waals surface area contributed by atoms with E-state index in [2.05, 4.69) is 26.4 Å². The van der Waals surface area contributed by atoms with E-state index in [9.17, 15) is 14.4 Å². The van der Waals surface area contributed by atoms with Crippen molar-refractivity contribution in [1.29, 1.82) is 0 Å². The van der Waals surface area contributed by atoms with Crippen molar-refractivity contribution >= 4 is 34.2 Å². The first-order valence-corrected chi connectivity index (χ1v) is 9.58. The fraction of sp³-hybridized carbons (Fsp3) is 0.150. The van der Waals surface area contributed by atoms with Crippen molar-refractivity contribution < 1.29 is 14.4 Å². The molecule has 0 bridgehead atoms. The van der Waals surface area contributed by atoms with Crippen LogP contribution in [0.2, 0.25) is 0 Å². The molecule has 3 rings (SSSR count). The smallest absolute Gasteiger partial charge is 0.269 e. The van der Waals surface area contributed by atoms with E-state index in [4.69, 9.17) is 0 Å². The Balaban J connectivity index is 1.51. The zero-order valence-corrected chi connectivity index (χ0v) is 16.7. The number of carbonyl (C=O) groups excluding carboxylic acids is 3. The lowest BCUT2D eigenvalue weighted by Gasteiger charge is -2.06. The van der Waals surface area contributed by atoms with E-state index in [1.165, 1.54) is 0 Å². The number of hydrogen-bond donors (Lipinski definition) is 3. The number of amides is 3. The van der Waals surface area contributed by atoms with Gasteiger partial charge in [-0.15, -0.1) is 10.2 Å². The lowest BCUT2D eigenvalue weighted by Crippen LogP contribution is -2.42. The molecule has 0 saturated carbocycles. The molecule has 9 heteroatoms. The van der Waals surface area contributed by atoms with Crippen LogP contribution < -0.4 is 16.2 Å². The van der Waals surface area contributed by atoms with Crippen LogP contribution in [0.15, 0.2) is 48.5 Å². The molecule has 148 valence electrons. The molecule has 3 amide bonds. The Labute approximate surface area is 171 Å². The number of hydrogen-bond acceptors (Lipinski definition) is 6. The SMILES string of the molecule is Cc1cccc(C(=O)NNC(=O)Cc2nnc(NC(=O)c3cccc(C)c3)s2)c1. The Morgan fingerprint density at radius 1 is 0.862 bits per heavy atom. The van der Waals surface area contributed by atoms with E-state index in [1.807, 2.05) is 26.0 Å². The Kier molecular flexibility index (Phi) is 6.30. The van der Waals surface area contributed by atoms with E-state index in [1.54, 1.807) is 36.4 Å². The van der Waals surface area contributed by atoms with E-state index in [-0.39, 0.29) is 12.3 Å². The molecule has 8 nitrogen and oxygen atoms in total. The third kappa shape index (κ3) is 5.69. The minimum atomic E-state index is -0.446. The number of hydrazine groups is 1. The van der Waals surface area contributed by atoms with E-state index in [0.29, 0.717) is 21.3 Å². The summed E-state index contributed by atoms with van der Waals surface area (Å²) in [5, 5.41) is 11.1. The number of carbonyl (C=O) groups is 3. The molecule has 1 heterocycles. The van der Waals surface area contributed by atoms with Gasteiger partial charge in [-0.05, 0) is 38.1 Å². The highest BCUT2D eigenvalue weighted by atomic mass is 32.1. The van der Waals surface area contributed by atoms with Crippen LogP contribution in [0.25, 0.3) is 0 Å². The summed E-state index contributed by atoms with van der Waals surface area (Å²) in [6.07, 6.45) is -0.0773. The van der Waals surface area contributed by atoms with Gasteiger partial charge in [0.2, 0.25) is 11.0 Å². The van der Waals surface area contributed by atoms with Crippen molar-refractivity contribution in [2.45, 2.75) is 20.3 Å². The molecule has 0 unspecified atom stereocenters. The van der Waals surface area contributed by atoms with Gasteiger partial charge >= 0.3 is 0 Å². The van der Waals surface area contributed by atoms with Crippen LogP contribution in [0.4, 0.5) is 5.13 Å². The lowest BCUT2D eigenvalue weighted by atomic mass is 10.1. The van der Waals surface area contributed by atoms with Gasteiger partial charge in [-0.1, -0.05) is 46.7 Å². The van der Waals surface area contributed by atoms with Crippen LogP contribution in [-0.4, -0.2) is 27.9 Å². The van der Waals surface area contributed by atoms with Gasteiger partial charge in [-0.3, -0.25) is 30.6 Å². The molecule has 0 atom stereocenters. The van der Waals surface area contributed by atoms with Gasteiger partial charge in [0.05, 0.1) is 6.42 Å². The Hall–Kier alpha value is -3.59. The Morgan fingerprint density at radius 3 is 2.10 bits per heavy atom. The van der Waals surface area contributed by atoms with Gasteiger partial charge in [0.25, 0.3) is 11.8 Å². The molecule has 3 aromatic rings. The van der Waals surface area contributed by atoms with Gasteiger partial charge in [0.1, 0.15) is 5.01 Å². The quantitative estimate of drug-likeness (QED) is 0.560. The number of aromatic nitrogens is 2. The highest BCUT2D eigenvalue weighted by molar-refractivity contribution is 7.15. The normalized spacial score (nSPS) is 10.3. The molecule has 0 aliphatic heterocycles. The second-order valence-electron chi connectivity index (χ2n) is 6.37. The number of rotatable bonds is 5. The van der Waals surface area contributed by atoms with Gasteiger partial charge in [-0.25, -0.2) is 0 Å². The second-order valence-corrected chi connectivity index (χ2v) is 7.44. The predicted molar refractivity (Wildman–Crippen MR) is 110 cm³/mol. The molecule has 29 heavy (non-hydrogen) atoms. The zero-order valence-electron chi connectivity index (χ0n) is 15.9. The highest BCUT2D eigenvalue weighted by Gasteiger charge is 2.13. The summed E-state index contributed by atoms with van der Waals surface area (Å²) >= 11 is 1.09. The van der Waals surface area contributed by atoms with Crippen LogP contribution in [0.1, 0.15) is 36.9 Å². The topological polar surface area (TPSA) is 113 Å². The van der Waals surface area contributed by atoms with Gasteiger partial charge < -0.3 is 0 Å². The number of benzene rings is 2. The van der Waals surface area contributed by atoms with Crippen LogP contribution in [0.3, 0.4) is 0 Å². The zero-order chi connectivity index (χ0) is 20.8. The largest absolute Gasteiger partial charge is 0.296 e. The van der Waals surface area contributed by atoms with Gasteiger partial charge in [0, 0.05) is 11.1 Å². The number of anilines is 1. The van der Waals surface area contributed by atoms with Crippen molar-refractivity contribution in [3.63, 3.8) is 0 Å². The summed E-state index contributed by atoms with van der Waals surface area (Å²) in [6, 6.07) is 14.2. The van der Waals surface area contributed by atoms with E-state index >= 15 is 0 Å². The van der Waals surface area contributed by atoms with Gasteiger partial charge in [0.15, 0.2) is 0 Å². The maximum absolute atomic E-state index is 12.2. The fourth-order valence-corrected chi connectivity index (χ4v) is 3.23. The summed E-state index contributed by atoms with van der Waals surface area (Å²) in [4.78, 5) is 36.3. The first-order valence-electron chi connectivity index (χ1n) is 8.77. The third-order valence-corrected chi connectivity index (χ3v) is 4.71. The van der Waals surface area contributed by atoms with E-state index < -0.39 is 11.8 Å². The predicted octanol–water partition coefficient (Wildman–Crippen LogP) is 2.41. The number of nitrogens with zero attached hydrogens (tertiary/aromatic N) is 2. The fourth-order valence-electron chi connectivity index (χ4n) is 2.50. The maximum Gasteiger partial charge on any atom is 0.269 e. The van der Waals surface area contributed by atoms with Crippen molar-refractivity contribution in [2.75, 3.05) is 5.32 Å². The standard InChI is InChI=1S/C20H19N5O3S/c1-12-5-3-7-14(9-12)18(27)21-20-25-23-17(29-20)11-16(26)22-24-19(28)15-8-4-6-13(2)10-15/h3-10H,11H2,1-2H3,(H,22,26)(H,24,28)(H,21,25,27). The molecule has 0 aliphatic rings. The average molecular weight is 409 g/mol. The van der Waals surface area contributed by atoms with E-state index in [0.717, 1.165) is 22.5 Å². The summed E-state index contributed by atoms with van der Waals surface area (Å²) in [5.74, 6) is -1.16. The van der Waals surface area contributed by atoms with Crippen molar-refractivity contribution in [2.24, 2.45) is 0 Å². The van der Waals surface area contributed by atoms with Crippen LogP contribution in [0, 0.1) is 13.8 Å². The second kappa shape index (κ2) is 9.07. The Morgan fingerprint density at radius 2 is 1.48 bits per heavy atom. The van der Waals surface area contributed by atoms with Crippen molar-refractivity contribution in [3.05, 3.63) is 75.8 Å². The highest BCUT2D eigenvalue weighted by Crippen LogP contribution is 2.17. The first-order chi connectivity index (χ1) is 13.9. The molecular weight excluding hydrogens is 390 g/mol. The molecule has 0 aliphatic carbocycles. The molecule has 0 spiro atoms. The minimum Gasteiger partial charge on any atom is -0.296 e. The molecule has 1 aromatic heterocycles. The van der Waals surface area contributed by atoms with Crippen LogP contribution >= 0.6 is 11.3 Å². The van der Waals surface area contributed by atoms with Crippen LogP contribution in [-0.2, 0) is 11.2 Å². The molecule has 0 radical (unpaired) electrons. The van der Waals surface area contributed by atoms with Crippen molar-refractivity contribution in [1.82, 2.24) is 21.0 Å². The summed E-state index contributed by atoms with van der Waals surface area (Å²) < 4.78 is 0. The molecule has 0 saturated heterocycles. The average Bonchev–Trinajstić information content (AvgIpc) is 3.12.